The number of ether oxygens (including phenoxy) is 1. The second-order valence-corrected chi connectivity index (χ2v) is 5.06. The summed E-state index contributed by atoms with van der Waals surface area (Å²) in [5.74, 6) is -0.165. The highest BCUT2D eigenvalue weighted by molar-refractivity contribution is 5.96. The third-order valence-electron chi connectivity index (χ3n) is 3.09. The van der Waals surface area contributed by atoms with Crippen molar-refractivity contribution in [3.05, 3.63) is 23.8 Å². The molecule has 1 aliphatic rings. The van der Waals surface area contributed by atoms with Crippen LogP contribution < -0.4 is 16.8 Å². The number of carbonyl (C=O) groups is 1. The van der Waals surface area contributed by atoms with Crippen molar-refractivity contribution in [2.24, 2.45) is 0 Å². The number of nitrogens with two attached hydrogens (primary N) is 2. The van der Waals surface area contributed by atoms with Gasteiger partial charge in [-0.05, 0) is 38.0 Å². The smallest absolute Gasteiger partial charge is 0.251 e. The zero-order valence-corrected chi connectivity index (χ0v) is 10.5. The molecule has 18 heavy (non-hydrogen) atoms. The van der Waals surface area contributed by atoms with Crippen LogP contribution in [0.5, 0.6) is 0 Å². The molecule has 0 saturated carbocycles. The van der Waals surface area contributed by atoms with Crippen molar-refractivity contribution < 1.29 is 9.53 Å². The molecule has 2 rings (SSSR count). The van der Waals surface area contributed by atoms with Crippen molar-refractivity contribution in [1.29, 1.82) is 0 Å². The predicted octanol–water partition coefficient (Wildman–Crippen LogP) is 1.15. The van der Waals surface area contributed by atoms with E-state index in [0.717, 1.165) is 19.4 Å². The lowest BCUT2D eigenvalue weighted by molar-refractivity contribution is 0.0272. The summed E-state index contributed by atoms with van der Waals surface area (Å²) in [6.45, 7) is 3.28. The van der Waals surface area contributed by atoms with Crippen LogP contribution in [0.2, 0.25) is 0 Å². The van der Waals surface area contributed by atoms with Gasteiger partial charge in [-0.3, -0.25) is 4.79 Å². The summed E-state index contributed by atoms with van der Waals surface area (Å²) in [4.78, 5) is 12.1. The molecule has 5 N–H and O–H groups in total. The SMILES string of the molecule is CC1(NC(=O)c2cc(N)cc(N)c2)CCCOC1. The summed E-state index contributed by atoms with van der Waals surface area (Å²) >= 11 is 0. The van der Waals surface area contributed by atoms with Crippen molar-refractivity contribution in [1.82, 2.24) is 5.32 Å². The summed E-state index contributed by atoms with van der Waals surface area (Å²) in [7, 11) is 0. The van der Waals surface area contributed by atoms with E-state index < -0.39 is 0 Å². The van der Waals surface area contributed by atoms with E-state index in [1.807, 2.05) is 6.92 Å². The molecule has 1 fully saturated rings. The normalized spacial score (nSPS) is 23.6. The fourth-order valence-electron chi connectivity index (χ4n) is 2.19. The van der Waals surface area contributed by atoms with Gasteiger partial charge in [0.1, 0.15) is 0 Å². The first-order chi connectivity index (χ1) is 8.48. The minimum atomic E-state index is -0.311. The standard InChI is InChI=1S/C13H19N3O2/c1-13(3-2-4-18-8-13)16-12(17)9-5-10(14)7-11(15)6-9/h5-7H,2-4,8,14-15H2,1H3,(H,16,17). The summed E-state index contributed by atoms with van der Waals surface area (Å²) in [5, 5.41) is 2.99. The molecule has 1 amide bonds. The molecule has 5 nitrogen and oxygen atoms in total. The van der Waals surface area contributed by atoms with Crippen molar-refractivity contribution >= 4 is 17.3 Å². The van der Waals surface area contributed by atoms with Crippen molar-refractivity contribution in [3.8, 4) is 0 Å². The molecule has 5 heteroatoms. The Labute approximate surface area is 106 Å². The van der Waals surface area contributed by atoms with Crippen molar-refractivity contribution in [3.63, 3.8) is 0 Å². The average Bonchev–Trinajstić information content (AvgIpc) is 2.28. The van der Waals surface area contributed by atoms with Gasteiger partial charge in [0, 0.05) is 23.5 Å². The number of nitrogen functional groups attached to an aromatic ring is 2. The highest BCUT2D eigenvalue weighted by Gasteiger charge is 2.29. The van der Waals surface area contributed by atoms with Crippen LogP contribution in [0.4, 0.5) is 11.4 Å². The molecule has 1 unspecified atom stereocenters. The van der Waals surface area contributed by atoms with E-state index in [1.54, 1.807) is 18.2 Å². The topological polar surface area (TPSA) is 90.4 Å². The van der Waals surface area contributed by atoms with E-state index in [9.17, 15) is 4.79 Å². The monoisotopic (exact) mass is 249 g/mol. The lowest BCUT2D eigenvalue weighted by Crippen LogP contribution is -2.51. The van der Waals surface area contributed by atoms with Crippen molar-refractivity contribution in [2.75, 3.05) is 24.7 Å². The van der Waals surface area contributed by atoms with Crippen LogP contribution in [-0.2, 0) is 4.74 Å². The molecule has 1 saturated heterocycles. The molecule has 1 aromatic carbocycles. The van der Waals surface area contributed by atoms with Gasteiger partial charge in [-0.2, -0.15) is 0 Å². The number of anilines is 2. The number of hydrogen-bond donors (Lipinski definition) is 3. The van der Waals surface area contributed by atoms with Crippen LogP contribution in [0.3, 0.4) is 0 Å². The summed E-state index contributed by atoms with van der Waals surface area (Å²) in [5.41, 5.74) is 12.5. The van der Waals surface area contributed by atoms with Crippen LogP contribution in [0.1, 0.15) is 30.1 Å². The minimum absolute atomic E-state index is 0.165. The van der Waals surface area contributed by atoms with Gasteiger partial charge in [0.2, 0.25) is 0 Å². The van der Waals surface area contributed by atoms with Crippen LogP contribution in [0.15, 0.2) is 18.2 Å². The molecular formula is C13H19N3O2. The van der Waals surface area contributed by atoms with Gasteiger partial charge in [-0.1, -0.05) is 0 Å². The molecule has 1 aliphatic heterocycles. The van der Waals surface area contributed by atoms with E-state index in [2.05, 4.69) is 5.32 Å². The maximum absolute atomic E-state index is 12.1. The van der Waals surface area contributed by atoms with E-state index in [-0.39, 0.29) is 11.4 Å². The highest BCUT2D eigenvalue weighted by Crippen LogP contribution is 2.20. The van der Waals surface area contributed by atoms with Gasteiger partial charge < -0.3 is 21.5 Å². The highest BCUT2D eigenvalue weighted by atomic mass is 16.5. The first kappa shape index (κ1) is 12.7. The van der Waals surface area contributed by atoms with Gasteiger partial charge in [-0.25, -0.2) is 0 Å². The number of amides is 1. The molecule has 0 bridgehead atoms. The Bertz CT molecular complexity index is 433. The molecule has 1 heterocycles. The Hall–Kier alpha value is -1.75. The number of benzene rings is 1. The van der Waals surface area contributed by atoms with E-state index in [1.165, 1.54) is 0 Å². The molecule has 0 aromatic heterocycles. The second-order valence-electron chi connectivity index (χ2n) is 5.06. The summed E-state index contributed by atoms with van der Waals surface area (Å²) in [6, 6.07) is 4.87. The fraction of sp³-hybridized carbons (Fsp3) is 0.462. The lowest BCUT2D eigenvalue weighted by atomic mass is 9.94. The molecule has 0 spiro atoms. The Morgan fingerprint density at radius 2 is 2.00 bits per heavy atom. The van der Waals surface area contributed by atoms with Gasteiger partial charge in [-0.15, -0.1) is 0 Å². The van der Waals surface area contributed by atoms with Crippen LogP contribution in [0, 0.1) is 0 Å². The second kappa shape index (κ2) is 4.86. The maximum atomic E-state index is 12.1. The van der Waals surface area contributed by atoms with Crippen molar-refractivity contribution in [2.45, 2.75) is 25.3 Å². The largest absolute Gasteiger partial charge is 0.399 e. The van der Waals surface area contributed by atoms with E-state index in [0.29, 0.717) is 23.5 Å². The molecule has 0 radical (unpaired) electrons. The summed E-state index contributed by atoms with van der Waals surface area (Å²) in [6.07, 6.45) is 1.87. The number of hydrogen-bond acceptors (Lipinski definition) is 4. The Balaban J connectivity index is 2.11. The number of carbonyl (C=O) groups excluding carboxylic acids is 1. The van der Waals surface area contributed by atoms with Crippen LogP contribution in [0.25, 0.3) is 0 Å². The lowest BCUT2D eigenvalue weighted by Gasteiger charge is -2.34. The fourth-order valence-corrected chi connectivity index (χ4v) is 2.19. The third-order valence-corrected chi connectivity index (χ3v) is 3.09. The average molecular weight is 249 g/mol. The quantitative estimate of drug-likeness (QED) is 0.686. The molecule has 1 aromatic rings. The molecule has 0 aliphatic carbocycles. The minimum Gasteiger partial charge on any atom is -0.399 e. The van der Waals surface area contributed by atoms with Gasteiger partial charge in [0.15, 0.2) is 0 Å². The zero-order valence-electron chi connectivity index (χ0n) is 10.5. The third kappa shape index (κ3) is 2.92. The predicted molar refractivity (Wildman–Crippen MR) is 71.2 cm³/mol. The van der Waals surface area contributed by atoms with Gasteiger partial charge >= 0.3 is 0 Å². The number of nitrogens with one attached hydrogen (secondary N) is 1. The molecule has 1 atom stereocenters. The van der Waals surface area contributed by atoms with E-state index in [4.69, 9.17) is 16.2 Å². The van der Waals surface area contributed by atoms with Gasteiger partial charge in [0.25, 0.3) is 5.91 Å². The molecule has 98 valence electrons. The van der Waals surface area contributed by atoms with E-state index >= 15 is 0 Å². The zero-order chi connectivity index (χ0) is 13.2. The first-order valence-corrected chi connectivity index (χ1v) is 6.05. The van der Waals surface area contributed by atoms with Crippen LogP contribution >= 0.6 is 0 Å². The Morgan fingerprint density at radius 3 is 2.56 bits per heavy atom. The maximum Gasteiger partial charge on any atom is 0.251 e. The number of rotatable bonds is 2. The van der Waals surface area contributed by atoms with Crippen LogP contribution in [-0.4, -0.2) is 24.7 Å². The first-order valence-electron chi connectivity index (χ1n) is 6.05. The van der Waals surface area contributed by atoms with Gasteiger partial charge in [0.05, 0.1) is 12.1 Å². The molecular weight excluding hydrogens is 230 g/mol. The Morgan fingerprint density at radius 1 is 1.33 bits per heavy atom. The summed E-state index contributed by atoms with van der Waals surface area (Å²) < 4.78 is 5.41. The Kier molecular flexibility index (Phi) is 3.43.